The summed E-state index contributed by atoms with van der Waals surface area (Å²) < 4.78 is 27.4. The number of nitrogens with zero attached hydrogens (tertiary/aromatic N) is 1. The van der Waals surface area contributed by atoms with Gasteiger partial charge in [0.2, 0.25) is 10.0 Å². The summed E-state index contributed by atoms with van der Waals surface area (Å²) in [7, 11) is -3.54. The van der Waals surface area contributed by atoms with Crippen LogP contribution in [0.25, 0.3) is 0 Å². The molecule has 1 aliphatic carbocycles. The largest absolute Gasteiger partial charge is 0.338 e. The molecule has 0 spiro atoms. The second kappa shape index (κ2) is 10.1. The number of halogens is 1. The minimum absolute atomic E-state index is 0.125. The first kappa shape index (κ1) is 22.4. The number of sulfonamides is 1. The maximum atomic E-state index is 13.0. The van der Waals surface area contributed by atoms with Gasteiger partial charge in [0.25, 0.3) is 0 Å². The molecule has 29 heavy (non-hydrogen) atoms. The van der Waals surface area contributed by atoms with Crippen molar-refractivity contribution < 1.29 is 13.2 Å². The lowest BCUT2D eigenvalue weighted by Crippen LogP contribution is -2.44. The van der Waals surface area contributed by atoms with Crippen LogP contribution in [0.4, 0.5) is 4.79 Å². The normalized spacial score (nSPS) is 22.1. The maximum absolute atomic E-state index is 13.0. The zero-order valence-electron chi connectivity index (χ0n) is 17.1. The Morgan fingerprint density at radius 2 is 1.83 bits per heavy atom. The van der Waals surface area contributed by atoms with Gasteiger partial charge in [-0.1, -0.05) is 43.7 Å². The van der Waals surface area contributed by atoms with Gasteiger partial charge in [0.05, 0.1) is 4.90 Å². The van der Waals surface area contributed by atoms with Crippen molar-refractivity contribution in [1.29, 1.82) is 0 Å². The van der Waals surface area contributed by atoms with Crippen LogP contribution in [0.15, 0.2) is 23.1 Å². The molecule has 1 saturated carbocycles. The monoisotopic (exact) mass is 441 g/mol. The number of urea groups is 1. The summed E-state index contributed by atoms with van der Waals surface area (Å²) in [5.74, 6) is 0.125. The Hall–Kier alpha value is -1.31. The highest BCUT2D eigenvalue weighted by molar-refractivity contribution is 7.89. The molecule has 6 nitrogen and oxygen atoms in total. The predicted octanol–water partition coefficient (Wildman–Crippen LogP) is 4.07. The number of aryl methyl sites for hydroxylation is 1. The minimum Gasteiger partial charge on any atom is -0.338 e. The van der Waals surface area contributed by atoms with E-state index in [1.165, 1.54) is 36.4 Å². The summed E-state index contributed by atoms with van der Waals surface area (Å²) in [4.78, 5) is 12.6. The molecule has 1 unspecified atom stereocenters. The quantitative estimate of drug-likeness (QED) is 0.722. The molecule has 0 radical (unpaired) electrons. The first-order chi connectivity index (χ1) is 13.9. The predicted molar refractivity (Wildman–Crippen MR) is 116 cm³/mol. The Morgan fingerprint density at radius 1 is 1.14 bits per heavy atom. The summed E-state index contributed by atoms with van der Waals surface area (Å²) in [6.07, 6.45) is 8.98. The van der Waals surface area contributed by atoms with E-state index in [9.17, 15) is 13.2 Å². The molecule has 1 heterocycles. The summed E-state index contributed by atoms with van der Waals surface area (Å²) >= 11 is 5.95. The van der Waals surface area contributed by atoms with Crippen LogP contribution in [0.3, 0.4) is 0 Å². The number of rotatable bonds is 5. The minimum atomic E-state index is -3.54. The van der Waals surface area contributed by atoms with Crippen LogP contribution in [0.2, 0.25) is 5.02 Å². The molecule has 0 bridgehead atoms. The standard InChI is InChI=1S/C21H32ClN3O3S/c1-16-13-18(22)9-10-20(16)29(27,28)25-12-11-17(15-25)14-23-21(26)24-19-7-5-3-2-4-6-8-19/h9-10,13,17,19H,2-8,11-12,14-15H2,1H3,(H2,23,24,26). The fraction of sp³-hybridized carbons (Fsp3) is 0.667. The Balaban J connectivity index is 1.48. The maximum Gasteiger partial charge on any atom is 0.315 e. The van der Waals surface area contributed by atoms with Crippen molar-refractivity contribution in [2.75, 3.05) is 19.6 Å². The smallest absolute Gasteiger partial charge is 0.315 e. The van der Waals surface area contributed by atoms with Crippen molar-refractivity contribution in [1.82, 2.24) is 14.9 Å². The van der Waals surface area contributed by atoms with E-state index < -0.39 is 10.0 Å². The van der Waals surface area contributed by atoms with Gasteiger partial charge < -0.3 is 10.6 Å². The first-order valence-electron chi connectivity index (χ1n) is 10.7. The fourth-order valence-corrected chi connectivity index (χ4v) is 6.26. The lowest BCUT2D eigenvalue weighted by Gasteiger charge is -2.22. The third kappa shape index (κ3) is 6.09. The molecule has 2 aliphatic rings. The van der Waals surface area contributed by atoms with Gasteiger partial charge >= 0.3 is 6.03 Å². The number of amides is 2. The number of hydrogen-bond donors (Lipinski definition) is 2. The Labute approximate surface area is 179 Å². The Bertz CT molecular complexity index is 807. The van der Waals surface area contributed by atoms with E-state index in [1.54, 1.807) is 25.1 Å². The molecule has 2 fully saturated rings. The number of carbonyl (C=O) groups is 1. The second-order valence-corrected chi connectivity index (χ2v) is 10.7. The van der Waals surface area contributed by atoms with E-state index in [0.717, 1.165) is 19.3 Å². The second-order valence-electron chi connectivity index (χ2n) is 8.32. The average molecular weight is 442 g/mol. The van der Waals surface area contributed by atoms with Gasteiger partial charge in [-0.2, -0.15) is 4.31 Å². The summed E-state index contributed by atoms with van der Waals surface area (Å²) in [5, 5.41) is 6.57. The third-order valence-corrected chi connectivity index (χ3v) is 8.26. The highest BCUT2D eigenvalue weighted by Gasteiger charge is 2.33. The molecule has 1 aromatic rings. The van der Waals surface area contributed by atoms with Gasteiger partial charge in [0.1, 0.15) is 0 Å². The molecule has 1 saturated heterocycles. The third-order valence-electron chi connectivity index (χ3n) is 6.00. The topological polar surface area (TPSA) is 78.5 Å². The van der Waals surface area contributed by atoms with E-state index in [2.05, 4.69) is 10.6 Å². The lowest BCUT2D eigenvalue weighted by atomic mass is 9.97. The van der Waals surface area contributed by atoms with Crippen LogP contribution < -0.4 is 10.6 Å². The van der Waals surface area contributed by atoms with E-state index in [0.29, 0.717) is 35.1 Å². The van der Waals surface area contributed by atoms with Crippen LogP contribution in [-0.4, -0.2) is 44.4 Å². The van der Waals surface area contributed by atoms with Gasteiger partial charge in [-0.15, -0.1) is 0 Å². The van der Waals surface area contributed by atoms with Crippen molar-refractivity contribution in [3.05, 3.63) is 28.8 Å². The highest BCUT2D eigenvalue weighted by atomic mass is 35.5. The molecular weight excluding hydrogens is 410 g/mol. The van der Waals surface area contributed by atoms with Crippen LogP contribution in [0.1, 0.15) is 56.9 Å². The molecule has 2 N–H and O–H groups in total. The molecule has 0 aromatic heterocycles. The van der Waals surface area contributed by atoms with E-state index in [-0.39, 0.29) is 18.0 Å². The number of hydrogen-bond acceptors (Lipinski definition) is 3. The van der Waals surface area contributed by atoms with Gasteiger partial charge in [-0.25, -0.2) is 13.2 Å². The zero-order chi connectivity index (χ0) is 20.9. The number of carbonyl (C=O) groups excluding carboxylic acids is 1. The van der Waals surface area contributed by atoms with Gasteiger partial charge in [0.15, 0.2) is 0 Å². The van der Waals surface area contributed by atoms with Crippen LogP contribution in [-0.2, 0) is 10.0 Å². The van der Waals surface area contributed by atoms with E-state index in [4.69, 9.17) is 11.6 Å². The molecule has 1 atom stereocenters. The van der Waals surface area contributed by atoms with Crippen molar-refractivity contribution in [3.63, 3.8) is 0 Å². The van der Waals surface area contributed by atoms with Gasteiger partial charge in [-0.05, 0) is 55.9 Å². The van der Waals surface area contributed by atoms with Gasteiger partial charge in [0, 0.05) is 30.7 Å². The lowest BCUT2D eigenvalue weighted by molar-refractivity contribution is 0.232. The SMILES string of the molecule is Cc1cc(Cl)ccc1S(=O)(=O)N1CCC(CNC(=O)NC2CCCCCCC2)C1. The molecule has 3 rings (SSSR count). The van der Waals surface area contributed by atoms with Crippen LogP contribution >= 0.6 is 11.6 Å². The van der Waals surface area contributed by atoms with Crippen molar-refractivity contribution in [3.8, 4) is 0 Å². The first-order valence-corrected chi connectivity index (χ1v) is 12.5. The summed E-state index contributed by atoms with van der Waals surface area (Å²) in [6.45, 7) is 3.15. The van der Waals surface area contributed by atoms with Crippen LogP contribution in [0, 0.1) is 12.8 Å². The molecule has 1 aromatic carbocycles. The average Bonchev–Trinajstić information content (AvgIpc) is 3.12. The summed E-state index contributed by atoms with van der Waals surface area (Å²) in [5.41, 5.74) is 0.651. The molecular formula is C21H32ClN3O3S. The van der Waals surface area contributed by atoms with Crippen molar-refractivity contribution in [2.24, 2.45) is 5.92 Å². The van der Waals surface area contributed by atoms with Crippen molar-refractivity contribution in [2.45, 2.75) is 69.2 Å². The number of nitrogens with one attached hydrogen (secondary N) is 2. The van der Waals surface area contributed by atoms with Crippen LogP contribution in [0.5, 0.6) is 0 Å². The molecule has 8 heteroatoms. The molecule has 1 aliphatic heterocycles. The van der Waals surface area contributed by atoms with E-state index >= 15 is 0 Å². The van der Waals surface area contributed by atoms with E-state index in [1.807, 2.05) is 0 Å². The zero-order valence-corrected chi connectivity index (χ0v) is 18.7. The summed E-state index contributed by atoms with van der Waals surface area (Å²) in [6, 6.07) is 4.97. The Morgan fingerprint density at radius 3 is 2.52 bits per heavy atom. The Kier molecular flexibility index (Phi) is 7.82. The fourth-order valence-electron chi connectivity index (χ4n) is 4.30. The van der Waals surface area contributed by atoms with Crippen molar-refractivity contribution >= 4 is 27.7 Å². The van der Waals surface area contributed by atoms with Gasteiger partial charge in [-0.3, -0.25) is 0 Å². The molecule has 2 amide bonds. The molecule has 162 valence electrons. The number of benzene rings is 1. The highest BCUT2D eigenvalue weighted by Crippen LogP contribution is 2.27.